The number of aldehydes is 2. The van der Waals surface area contributed by atoms with E-state index in [0.717, 1.165) is 110 Å². The molecule has 0 aliphatic carbocycles. The number of carbonyl (C=O) groups excluding carboxylic acids is 5. The molecular formula is C58H85N7O6. The number of nitrogens with zero attached hydrogens (tertiary/aromatic N) is 1. The number of primary amides is 1. The number of benzene rings is 4. The minimum absolute atomic E-state index is 0.175. The predicted molar refractivity (Wildman–Crippen MR) is 293 cm³/mol. The Morgan fingerprint density at radius 1 is 0.690 bits per heavy atom. The second-order valence-corrected chi connectivity index (χ2v) is 17.7. The molecule has 0 saturated carbocycles. The molecule has 0 radical (unpaired) electrons. The van der Waals surface area contributed by atoms with E-state index in [1.165, 1.54) is 69.8 Å². The van der Waals surface area contributed by atoms with E-state index in [4.69, 9.17) is 15.6 Å². The number of aliphatic hydroxyl groups excluding tert-OH is 1. The third kappa shape index (κ3) is 25.3. The van der Waals surface area contributed by atoms with Crippen LogP contribution >= 0.6 is 0 Å². The van der Waals surface area contributed by atoms with Crippen molar-refractivity contribution in [3.8, 4) is 0 Å². The summed E-state index contributed by atoms with van der Waals surface area (Å²) in [6, 6.07) is 32.2. The van der Waals surface area contributed by atoms with Crippen LogP contribution < -0.4 is 37.6 Å². The van der Waals surface area contributed by atoms with Crippen molar-refractivity contribution in [2.45, 2.75) is 142 Å². The first kappa shape index (κ1) is 60.7. The lowest BCUT2D eigenvalue weighted by Crippen LogP contribution is -2.47. The number of hydrogen-bond donors (Lipinski definition) is 7. The number of carbonyl (C=O) groups is 5. The number of unbranched alkanes of at least 4 members (excludes halogenated alkanes) is 15. The van der Waals surface area contributed by atoms with Crippen LogP contribution in [0, 0.1) is 0 Å². The number of hydrogen-bond acceptors (Lipinski definition) is 10. The largest absolute Gasteiger partial charge is 0.397 e. The summed E-state index contributed by atoms with van der Waals surface area (Å²) in [6.07, 6.45) is 23.2. The van der Waals surface area contributed by atoms with E-state index in [0.29, 0.717) is 25.1 Å². The molecule has 4 aromatic carbocycles. The van der Waals surface area contributed by atoms with Crippen molar-refractivity contribution in [2.75, 3.05) is 44.0 Å². The third-order valence-electron chi connectivity index (χ3n) is 12.1. The molecule has 388 valence electrons. The first-order valence-corrected chi connectivity index (χ1v) is 25.9. The van der Waals surface area contributed by atoms with E-state index in [2.05, 4.69) is 70.1 Å². The molecule has 3 amide bonds. The van der Waals surface area contributed by atoms with Crippen LogP contribution in [0.1, 0.15) is 166 Å². The highest BCUT2D eigenvalue weighted by Gasteiger charge is 2.23. The molecule has 1 heterocycles. The summed E-state index contributed by atoms with van der Waals surface area (Å²) >= 11 is 0. The van der Waals surface area contributed by atoms with Gasteiger partial charge in [-0.25, -0.2) is 0 Å². The third-order valence-corrected chi connectivity index (χ3v) is 12.1. The second-order valence-electron chi connectivity index (χ2n) is 17.7. The number of rotatable bonds is 29. The molecule has 13 nitrogen and oxygen atoms in total. The quantitative estimate of drug-likeness (QED) is 0.0202. The average molecular weight is 976 g/mol. The fraction of sp³-hybridized carbons (Fsp3) is 0.466. The molecule has 1 aliphatic heterocycles. The van der Waals surface area contributed by atoms with E-state index >= 15 is 0 Å². The minimum Gasteiger partial charge on any atom is -0.397 e. The monoisotopic (exact) mass is 976 g/mol. The zero-order chi connectivity index (χ0) is 51.7. The van der Waals surface area contributed by atoms with Gasteiger partial charge in [0, 0.05) is 80.4 Å². The van der Waals surface area contributed by atoms with Crippen LogP contribution in [-0.4, -0.2) is 75.7 Å². The number of nitrogens with two attached hydrogens (primary N) is 2. The van der Waals surface area contributed by atoms with Gasteiger partial charge in [-0.1, -0.05) is 157 Å². The van der Waals surface area contributed by atoms with Crippen LogP contribution in [-0.2, 0) is 20.9 Å². The highest BCUT2D eigenvalue weighted by molar-refractivity contribution is 5.98. The summed E-state index contributed by atoms with van der Waals surface area (Å²) in [7, 11) is 3.92. The highest BCUT2D eigenvalue weighted by atomic mass is 16.3. The SMILES string of the molecule is CCCCCCCCCCCCCC=O.CNc1ccc(C(=O)NC(CCCCN/C2=C(\N)c3ccccc3CN(C)c3ccccc32)C(=O)NCCCCCCO)cc1.NC=O.O=Cc1ccccc1. The molecule has 1 atom stereocenters. The summed E-state index contributed by atoms with van der Waals surface area (Å²) < 4.78 is 0. The molecule has 9 N–H and O–H groups in total. The molecule has 13 heteroatoms. The highest BCUT2D eigenvalue weighted by Crippen LogP contribution is 2.34. The molecule has 0 fully saturated rings. The van der Waals surface area contributed by atoms with Crippen LogP contribution in [0.3, 0.4) is 0 Å². The van der Waals surface area contributed by atoms with Gasteiger partial charge in [-0.05, 0) is 74.4 Å². The summed E-state index contributed by atoms with van der Waals surface area (Å²) in [5.74, 6) is -0.448. The standard InChI is InChI=1S/C36H48N6O3.C14H28O.C7H6O.CH3NO/c1-38-28-20-18-26(19-21-28)35(44)41-31(36(45)40-23-10-3-4-12-24-43)16-9-11-22-39-34-30-15-7-8-17-32(30)42(2)25-27-13-5-6-14-29(27)33(34)37;1-2-3-4-5-6-7-8-9-10-11-12-13-14-15;8-6-7-4-2-1-3-5-7;2-1-3/h5-8,13-15,17-21,31,38-39,43H,3-4,9-12,16,22-25,37H2,1-2H3,(H,40,45)(H,41,44);14H,2-13H2,1H3;1-6H;1H,(H2,2,3)/b34-33-;;;. The van der Waals surface area contributed by atoms with Crippen molar-refractivity contribution in [1.82, 2.24) is 16.0 Å². The second kappa shape index (κ2) is 39.3. The topological polar surface area (TPSA) is 209 Å². The zero-order valence-electron chi connectivity index (χ0n) is 43.0. The maximum atomic E-state index is 13.2. The van der Waals surface area contributed by atoms with Crippen molar-refractivity contribution in [3.63, 3.8) is 0 Å². The molecular weight excluding hydrogens is 891 g/mol. The Morgan fingerprint density at radius 2 is 1.25 bits per heavy atom. The fourth-order valence-corrected chi connectivity index (χ4v) is 8.08. The lowest BCUT2D eigenvalue weighted by atomic mass is 9.96. The fourth-order valence-electron chi connectivity index (χ4n) is 8.08. The predicted octanol–water partition coefficient (Wildman–Crippen LogP) is 10.2. The van der Waals surface area contributed by atoms with Gasteiger partial charge >= 0.3 is 0 Å². The van der Waals surface area contributed by atoms with Crippen LogP contribution in [0.25, 0.3) is 11.4 Å². The van der Waals surface area contributed by atoms with Crippen molar-refractivity contribution in [2.24, 2.45) is 11.5 Å². The smallest absolute Gasteiger partial charge is 0.251 e. The van der Waals surface area contributed by atoms with Gasteiger partial charge in [0.1, 0.15) is 18.6 Å². The number of para-hydroxylation sites is 1. The number of nitrogens with one attached hydrogen (secondary N) is 4. The van der Waals surface area contributed by atoms with Crippen LogP contribution in [0.2, 0.25) is 0 Å². The Kier molecular flexibility index (Phi) is 33.5. The normalized spacial score (nSPS) is 12.7. The molecule has 1 aliphatic rings. The van der Waals surface area contributed by atoms with Gasteiger partial charge in [0.25, 0.3) is 5.91 Å². The molecule has 71 heavy (non-hydrogen) atoms. The van der Waals surface area contributed by atoms with E-state index in [1.807, 2.05) is 61.6 Å². The summed E-state index contributed by atoms with van der Waals surface area (Å²) in [4.78, 5) is 57.2. The Bertz CT molecular complexity index is 2100. The van der Waals surface area contributed by atoms with Crippen LogP contribution in [0.15, 0.2) is 103 Å². The van der Waals surface area contributed by atoms with Crippen LogP contribution in [0.4, 0.5) is 11.4 Å². The maximum Gasteiger partial charge on any atom is 0.251 e. The number of aliphatic hydroxyl groups is 1. The maximum absolute atomic E-state index is 13.2. The Morgan fingerprint density at radius 3 is 1.86 bits per heavy atom. The molecule has 0 spiro atoms. The lowest BCUT2D eigenvalue weighted by Gasteiger charge is -2.29. The van der Waals surface area contributed by atoms with E-state index in [9.17, 15) is 19.2 Å². The van der Waals surface area contributed by atoms with E-state index < -0.39 is 6.04 Å². The van der Waals surface area contributed by atoms with Gasteiger partial charge < -0.3 is 47.5 Å². The van der Waals surface area contributed by atoms with Crippen molar-refractivity contribution >= 4 is 53.6 Å². The van der Waals surface area contributed by atoms with E-state index in [-0.39, 0.29) is 24.8 Å². The Hall–Kier alpha value is -6.47. The molecule has 5 rings (SSSR count). The summed E-state index contributed by atoms with van der Waals surface area (Å²) in [5.41, 5.74) is 19.1. The Labute approximate surface area is 425 Å². The molecule has 4 aromatic rings. The molecule has 0 bridgehead atoms. The van der Waals surface area contributed by atoms with E-state index in [1.54, 1.807) is 24.3 Å². The van der Waals surface area contributed by atoms with Crippen molar-refractivity contribution in [1.29, 1.82) is 0 Å². The van der Waals surface area contributed by atoms with Gasteiger partial charge in [0.15, 0.2) is 0 Å². The van der Waals surface area contributed by atoms with Gasteiger partial charge in [0.2, 0.25) is 12.3 Å². The average Bonchev–Trinajstić information content (AvgIpc) is 3.40. The van der Waals surface area contributed by atoms with Gasteiger partial charge in [-0.2, -0.15) is 0 Å². The zero-order valence-corrected chi connectivity index (χ0v) is 43.0. The molecule has 0 aromatic heterocycles. The van der Waals surface area contributed by atoms with Crippen molar-refractivity contribution < 1.29 is 29.1 Å². The molecule has 0 saturated heterocycles. The molecule has 1 unspecified atom stereocenters. The summed E-state index contributed by atoms with van der Waals surface area (Å²) in [5, 5.41) is 21.6. The van der Waals surface area contributed by atoms with Crippen molar-refractivity contribution in [3.05, 3.63) is 131 Å². The summed E-state index contributed by atoms with van der Waals surface area (Å²) in [6.45, 7) is 4.41. The van der Waals surface area contributed by atoms with Gasteiger partial charge in [-0.15, -0.1) is 0 Å². The van der Waals surface area contributed by atoms with Gasteiger partial charge in [-0.3, -0.25) is 19.2 Å². The minimum atomic E-state index is -0.647. The Balaban J connectivity index is 0.000000541. The number of anilines is 2. The van der Waals surface area contributed by atoms with Crippen LogP contribution in [0.5, 0.6) is 0 Å². The first-order chi connectivity index (χ1) is 34.7. The number of fused-ring (bicyclic) bond motifs is 2. The number of amides is 3. The van der Waals surface area contributed by atoms with Gasteiger partial charge in [0.05, 0.1) is 11.4 Å². The first-order valence-electron chi connectivity index (χ1n) is 25.9. The lowest BCUT2D eigenvalue weighted by molar-refractivity contribution is -0.123.